The summed E-state index contributed by atoms with van der Waals surface area (Å²) in [6, 6.07) is 7.18. The SMILES string of the molecule is Cc1ccc(CNC2CCOC2)c(C)c1. The summed E-state index contributed by atoms with van der Waals surface area (Å²) in [4.78, 5) is 0. The van der Waals surface area contributed by atoms with Gasteiger partial charge in [0.1, 0.15) is 0 Å². The molecule has 0 aromatic heterocycles. The van der Waals surface area contributed by atoms with E-state index in [1.54, 1.807) is 0 Å². The molecule has 1 aliphatic heterocycles. The Morgan fingerprint density at radius 2 is 2.27 bits per heavy atom. The number of rotatable bonds is 3. The van der Waals surface area contributed by atoms with E-state index in [4.69, 9.17) is 4.74 Å². The molecule has 1 N–H and O–H groups in total. The molecule has 1 heterocycles. The van der Waals surface area contributed by atoms with Gasteiger partial charge in [0.15, 0.2) is 0 Å². The summed E-state index contributed by atoms with van der Waals surface area (Å²) in [7, 11) is 0. The van der Waals surface area contributed by atoms with Crippen LogP contribution in [-0.4, -0.2) is 19.3 Å². The lowest BCUT2D eigenvalue weighted by atomic mass is 10.1. The third kappa shape index (κ3) is 2.80. The van der Waals surface area contributed by atoms with Crippen LogP contribution in [0.5, 0.6) is 0 Å². The average Bonchev–Trinajstić information content (AvgIpc) is 2.69. The third-order valence-corrected chi connectivity index (χ3v) is 3.01. The van der Waals surface area contributed by atoms with Crippen molar-refractivity contribution < 1.29 is 4.74 Å². The van der Waals surface area contributed by atoms with Crippen LogP contribution < -0.4 is 5.32 Å². The van der Waals surface area contributed by atoms with E-state index in [1.165, 1.54) is 16.7 Å². The zero-order valence-electron chi connectivity index (χ0n) is 9.55. The number of hydrogen-bond donors (Lipinski definition) is 1. The molecule has 15 heavy (non-hydrogen) atoms. The van der Waals surface area contributed by atoms with Gasteiger partial charge in [-0.1, -0.05) is 23.8 Å². The highest BCUT2D eigenvalue weighted by atomic mass is 16.5. The zero-order valence-corrected chi connectivity index (χ0v) is 9.55. The van der Waals surface area contributed by atoms with E-state index in [-0.39, 0.29) is 0 Å². The van der Waals surface area contributed by atoms with Crippen molar-refractivity contribution in [2.75, 3.05) is 13.2 Å². The maximum atomic E-state index is 5.33. The second kappa shape index (κ2) is 4.77. The summed E-state index contributed by atoms with van der Waals surface area (Å²) in [5.74, 6) is 0. The summed E-state index contributed by atoms with van der Waals surface area (Å²) in [6.45, 7) is 7.04. The minimum atomic E-state index is 0.547. The van der Waals surface area contributed by atoms with Crippen LogP contribution in [0.1, 0.15) is 23.1 Å². The number of benzene rings is 1. The van der Waals surface area contributed by atoms with Crippen LogP contribution in [0.25, 0.3) is 0 Å². The summed E-state index contributed by atoms with van der Waals surface area (Å²) in [5, 5.41) is 3.53. The van der Waals surface area contributed by atoms with Crippen LogP contribution in [0.3, 0.4) is 0 Å². The van der Waals surface area contributed by atoms with Gasteiger partial charge in [-0.3, -0.25) is 0 Å². The maximum absolute atomic E-state index is 5.33. The predicted octanol–water partition coefficient (Wildman–Crippen LogP) is 2.18. The Morgan fingerprint density at radius 1 is 1.40 bits per heavy atom. The first-order valence-electron chi connectivity index (χ1n) is 5.63. The van der Waals surface area contributed by atoms with Crippen molar-refractivity contribution in [3.63, 3.8) is 0 Å². The van der Waals surface area contributed by atoms with Crippen molar-refractivity contribution in [1.82, 2.24) is 5.32 Å². The minimum Gasteiger partial charge on any atom is -0.380 e. The van der Waals surface area contributed by atoms with Gasteiger partial charge >= 0.3 is 0 Å². The lowest BCUT2D eigenvalue weighted by Crippen LogP contribution is -2.28. The standard InChI is InChI=1S/C13H19NO/c1-10-3-4-12(11(2)7-10)8-14-13-5-6-15-9-13/h3-4,7,13-14H,5-6,8-9H2,1-2H3. The Kier molecular flexibility index (Phi) is 3.39. The fraction of sp³-hybridized carbons (Fsp3) is 0.538. The van der Waals surface area contributed by atoms with Crippen molar-refractivity contribution in [3.8, 4) is 0 Å². The molecule has 2 rings (SSSR count). The number of aryl methyl sites for hydroxylation is 2. The second-order valence-electron chi connectivity index (χ2n) is 4.37. The van der Waals surface area contributed by atoms with Crippen molar-refractivity contribution >= 4 is 0 Å². The van der Waals surface area contributed by atoms with Crippen LogP contribution in [-0.2, 0) is 11.3 Å². The molecule has 0 amide bonds. The molecular weight excluding hydrogens is 186 g/mol. The van der Waals surface area contributed by atoms with E-state index in [9.17, 15) is 0 Å². The monoisotopic (exact) mass is 205 g/mol. The van der Waals surface area contributed by atoms with E-state index in [0.29, 0.717) is 6.04 Å². The highest BCUT2D eigenvalue weighted by Gasteiger charge is 2.14. The van der Waals surface area contributed by atoms with Gasteiger partial charge in [0.2, 0.25) is 0 Å². The molecule has 1 aliphatic rings. The van der Waals surface area contributed by atoms with E-state index in [0.717, 1.165) is 26.2 Å². The minimum absolute atomic E-state index is 0.547. The molecule has 0 bridgehead atoms. The van der Waals surface area contributed by atoms with Crippen LogP contribution in [0.4, 0.5) is 0 Å². The summed E-state index contributed by atoms with van der Waals surface area (Å²) < 4.78 is 5.33. The Balaban J connectivity index is 1.92. The number of hydrogen-bond acceptors (Lipinski definition) is 2. The molecule has 0 aliphatic carbocycles. The quantitative estimate of drug-likeness (QED) is 0.816. The summed E-state index contributed by atoms with van der Waals surface area (Å²) in [6.07, 6.45) is 1.14. The van der Waals surface area contributed by atoms with Crippen LogP contribution in [0, 0.1) is 13.8 Å². The van der Waals surface area contributed by atoms with E-state index >= 15 is 0 Å². The molecule has 1 aromatic rings. The molecule has 0 saturated carbocycles. The molecular formula is C13H19NO. The van der Waals surface area contributed by atoms with Crippen LogP contribution >= 0.6 is 0 Å². The van der Waals surface area contributed by atoms with Gasteiger partial charge in [-0.15, -0.1) is 0 Å². The van der Waals surface area contributed by atoms with Gasteiger partial charge in [-0.2, -0.15) is 0 Å². The smallest absolute Gasteiger partial charge is 0.0620 e. The molecule has 1 atom stereocenters. The van der Waals surface area contributed by atoms with E-state index in [2.05, 4.69) is 37.4 Å². The van der Waals surface area contributed by atoms with Gasteiger partial charge in [0, 0.05) is 19.2 Å². The normalized spacial score (nSPS) is 20.8. The molecule has 82 valence electrons. The first kappa shape index (κ1) is 10.7. The predicted molar refractivity (Wildman–Crippen MR) is 62.0 cm³/mol. The Hall–Kier alpha value is -0.860. The molecule has 0 radical (unpaired) electrons. The Bertz CT molecular complexity index is 329. The molecule has 2 heteroatoms. The summed E-state index contributed by atoms with van der Waals surface area (Å²) in [5.41, 5.74) is 4.11. The van der Waals surface area contributed by atoms with Gasteiger partial charge in [0.05, 0.1) is 6.61 Å². The molecule has 0 spiro atoms. The first-order valence-corrected chi connectivity index (χ1v) is 5.63. The zero-order chi connectivity index (χ0) is 10.7. The van der Waals surface area contributed by atoms with Gasteiger partial charge in [-0.05, 0) is 31.4 Å². The molecule has 1 unspecified atom stereocenters. The lowest BCUT2D eigenvalue weighted by Gasteiger charge is -2.12. The van der Waals surface area contributed by atoms with Crippen LogP contribution in [0.15, 0.2) is 18.2 Å². The van der Waals surface area contributed by atoms with Crippen molar-refractivity contribution in [3.05, 3.63) is 34.9 Å². The number of nitrogens with one attached hydrogen (secondary N) is 1. The molecule has 1 aromatic carbocycles. The molecule has 1 fully saturated rings. The van der Waals surface area contributed by atoms with E-state index in [1.807, 2.05) is 0 Å². The second-order valence-corrected chi connectivity index (χ2v) is 4.37. The third-order valence-electron chi connectivity index (χ3n) is 3.01. The van der Waals surface area contributed by atoms with E-state index < -0.39 is 0 Å². The molecule has 1 saturated heterocycles. The molecule has 2 nitrogen and oxygen atoms in total. The Labute approximate surface area is 91.6 Å². The van der Waals surface area contributed by atoms with Crippen LogP contribution in [0.2, 0.25) is 0 Å². The van der Waals surface area contributed by atoms with Crippen molar-refractivity contribution in [2.45, 2.75) is 32.9 Å². The lowest BCUT2D eigenvalue weighted by molar-refractivity contribution is 0.190. The van der Waals surface area contributed by atoms with Crippen molar-refractivity contribution in [1.29, 1.82) is 0 Å². The highest BCUT2D eigenvalue weighted by Crippen LogP contribution is 2.11. The van der Waals surface area contributed by atoms with Gasteiger partial charge in [0.25, 0.3) is 0 Å². The fourth-order valence-corrected chi connectivity index (χ4v) is 1.99. The fourth-order valence-electron chi connectivity index (χ4n) is 1.99. The average molecular weight is 205 g/mol. The van der Waals surface area contributed by atoms with Gasteiger partial charge in [-0.25, -0.2) is 0 Å². The number of ether oxygens (including phenoxy) is 1. The summed E-state index contributed by atoms with van der Waals surface area (Å²) >= 11 is 0. The Morgan fingerprint density at radius 3 is 2.93 bits per heavy atom. The topological polar surface area (TPSA) is 21.3 Å². The maximum Gasteiger partial charge on any atom is 0.0620 e. The highest BCUT2D eigenvalue weighted by molar-refractivity contribution is 5.30. The van der Waals surface area contributed by atoms with Gasteiger partial charge < -0.3 is 10.1 Å². The first-order chi connectivity index (χ1) is 7.25. The van der Waals surface area contributed by atoms with Crippen molar-refractivity contribution in [2.24, 2.45) is 0 Å². The largest absolute Gasteiger partial charge is 0.380 e.